The predicted octanol–water partition coefficient (Wildman–Crippen LogP) is 1.53. The molecule has 0 unspecified atom stereocenters. The molecule has 0 aliphatic carbocycles. The molecule has 1 aromatic carbocycles. The number of hydrogen-bond acceptors (Lipinski definition) is 4. The number of aromatic amines is 1. The van der Waals surface area contributed by atoms with Crippen molar-refractivity contribution in [3.05, 3.63) is 38.7 Å². The van der Waals surface area contributed by atoms with Crippen molar-refractivity contribution >= 4 is 31.6 Å². The van der Waals surface area contributed by atoms with Crippen molar-refractivity contribution in [1.82, 2.24) is 14.8 Å². The number of anilines is 1. The summed E-state index contributed by atoms with van der Waals surface area (Å²) in [6, 6.07) is 2.27. The van der Waals surface area contributed by atoms with Crippen molar-refractivity contribution in [2.75, 3.05) is 10.5 Å². The highest BCUT2D eigenvalue weighted by Crippen LogP contribution is 2.28. The molecule has 0 bridgehead atoms. The second-order valence-electron chi connectivity index (χ2n) is 4.22. The average molecular weight is 379 g/mol. The molecule has 0 amide bonds. The number of rotatable bonds is 4. The molecule has 1 heterocycles. The van der Waals surface area contributed by atoms with Gasteiger partial charge >= 0.3 is 5.69 Å². The molecule has 0 saturated heterocycles. The fourth-order valence-corrected chi connectivity index (χ4v) is 2.80. The second kappa shape index (κ2) is 5.60. The van der Waals surface area contributed by atoms with Gasteiger partial charge in [-0.15, -0.1) is 0 Å². The number of halogens is 2. The zero-order valence-corrected chi connectivity index (χ0v) is 13.5. The largest absolute Gasteiger partial charge is 0.348 e. The van der Waals surface area contributed by atoms with Gasteiger partial charge in [-0.3, -0.25) is 9.71 Å². The Kier molecular flexibility index (Phi) is 4.19. The number of aromatic nitrogens is 3. The number of aryl methyl sites for hydroxylation is 1. The SMILES string of the molecule is CCS(=O)(=O)Nc1cc(-n2nc(C)[nH]c2=O)c(F)cc1Br. The number of nitrogens with zero attached hydrogens (tertiary/aromatic N) is 2. The number of sulfonamides is 1. The van der Waals surface area contributed by atoms with E-state index in [2.05, 4.69) is 30.7 Å². The zero-order chi connectivity index (χ0) is 15.8. The van der Waals surface area contributed by atoms with Crippen LogP contribution in [0.5, 0.6) is 0 Å². The summed E-state index contributed by atoms with van der Waals surface area (Å²) in [6.07, 6.45) is 0. The van der Waals surface area contributed by atoms with Gasteiger partial charge in [0.25, 0.3) is 0 Å². The third-order valence-electron chi connectivity index (χ3n) is 2.64. The molecule has 0 aliphatic heterocycles. The summed E-state index contributed by atoms with van der Waals surface area (Å²) < 4.78 is 40.6. The Bertz CT molecular complexity index is 844. The molecule has 0 spiro atoms. The number of nitrogens with one attached hydrogen (secondary N) is 2. The summed E-state index contributed by atoms with van der Waals surface area (Å²) in [4.78, 5) is 14.1. The zero-order valence-electron chi connectivity index (χ0n) is 11.1. The topological polar surface area (TPSA) is 96.8 Å². The third kappa shape index (κ3) is 3.32. The van der Waals surface area contributed by atoms with Crippen LogP contribution in [0.4, 0.5) is 10.1 Å². The quantitative estimate of drug-likeness (QED) is 0.842. The van der Waals surface area contributed by atoms with Crippen molar-refractivity contribution in [2.24, 2.45) is 0 Å². The Morgan fingerprint density at radius 1 is 1.48 bits per heavy atom. The Labute approximate surface area is 128 Å². The Morgan fingerprint density at radius 2 is 2.14 bits per heavy atom. The maximum absolute atomic E-state index is 14.0. The maximum Gasteiger partial charge on any atom is 0.348 e. The van der Waals surface area contributed by atoms with Gasteiger partial charge in [0.15, 0.2) is 0 Å². The van der Waals surface area contributed by atoms with Crippen molar-refractivity contribution in [2.45, 2.75) is 13.8 Å². The van der Waals surface area contributed by atoms with Gasteiger partial charge in [0.2, 0.25) is 10.0 Å². The molecule has 10 heteroatoms. The lowest BCUT2D eigenvalue weighted by Crippen LogP contribution is -2.19. The average Bonchev–Trinajstić information content (AvgIpc) is 2.71. The van der Waals surface area contributed by atoms with Crippen molar-refractivity contribution in [3.63, 3.8) is 0 Å². The first-order valence-electron chi connectivity index (χ1n) is 5.89. The van der Waals surface area contributed by atoms with Crippen LogP contribution < -0.4 is 10.4 Å². The predicted molar refractivity (Wildman–Crippen MR) is 79.7 cm³/mol. The van der Waals surface area contributed by atoms with E-state index < -0.39 is 21.5 Å². The minimum Gasteiger partial charge on any atom is -0.293 e. The molecule has 0 aliphatic rings. The van der Waals surface area contributed by atoms with E-state index in [-0.39, 0.29) is 21.6 Å². The number of benzene rings is 1. The highest BCUT2D eigenvalue weighted by Gasteiger charge is 2.16. The minimum atomic E-state index is -3.53. The van der Waals surface area contributed by atoms with Crippen molar-refractivity contribution < 1.29 is 12.8 Å². The van der Waals surface area contributed by atoms with Crippen LogP contribution in [0, 0.1) is 12.7 Å². The molecule has 2 rings (SSSR count). The molecule has 0 saturated carbocycles. The van der Waals surface area contributed by atoms with Gasteiger partial charge in [-0.1, -0.05) is 0 Å². The third-order valence-corrected chi connectivity index (χ3v) is 4.59. The molecule has 21 heavy (non-hydrogen) atoms. The summed E-state index contributed by atoms with van der Waals surface area (Å²) in [6.45, 7) is 3.03. The molecular formula is C11H12BrFN4O3S. The standard InChI is InChI=1S/C11H12BrFN4O3S/c1-3-21(19,20)16-9-5-10(8(13)4-7(9)12)17-11(18)14-6(2)15-17/h4-5,16H,3H2,1-2H3,(H,14,15,18). The first-order chi connectivity index (χ1) is 9.73. The van der Waals surface area contributed by atoms with E-state index >= 15 is 0 Å². The summed E-state index contributed by atoms with van der Waals surface area (Å²) >= 11 is 3.08. The molecule has 7 nitrogen and oxygen atoms in total. The monoisotopic (exact) mass is 378 g/mol. The Morgan fingerprint density at radius 3 is 2.67 bits per heavy atom. The first-order valence-corrected chi connectivity index (χ1v) is 8.34. The van der Waals surface area contributed by atoms with E-state index in [9.17, 15) is 17.6 Å². The van der Waals surface area contributed by atoms with Crippen LogP contribution in [0.3, 0.4) is 0 Å². The van der Waals surface area contributed by atoms with Gasteiger partial charge in [0.05, 0.1) is 11.4 Å². The highest BCUT2D eigenvalue weighted by atomic mass is 79.9. The normalized spacial score (nSPS) is 11.6. The van der Waals surface area contributed by atoms with Crippen LogP contribution in [-0.4, -0.2) is 28.9 Å². The van der Waals surface area contributed by atoms with Gasteiger partial charge in [0, 0.05) is 4.47 Å². The molecule has 2 N–H and O–H groups in total. The fraction of sp³-hybridized carbons (Fsp3) is 0.273. The minimum absolute atomic E-state index is 0.126. The second-order valence-corrected chi connectivity index (χ2v) is 7.08. The van der Waals surface area contributed by atoms with Gasteiger partial charge in [-0.25, -0.2) is 17.6 Å². The number of H-pyrrole nitrogens is 1. The van der Waals surface area contributed by atoms with Crippen LogP contribution in [0.1, 0.15) is 12.7 Å². The molecule has 114 valence electrons. The molecule has 0 atom stereocenters. The van der Waals surface area contributed by atoms with Crippen LogP contribution in [0.15, 0.2) is 21.4 Å². The first kappa shape index (κ1) is 15.7. The van der Waals surface area contributed by atoms with E-state index in [0.29, 0.717) is 5.82 Å². The highest BCUT2D eigenvalue weighted by molar-refractivity contribution is 9.10. The summed E-state index contributed by atoms with van der Waals surface area (Å²) in [5.41, 5.74) is -0.639. The van der Waals surface area contributed by atoms with Crippen LogP contribution in [-0.2, 0) is 10.0 Å². The summed E-state index contributed by atoms with van der Waals surface area (Å²) in [5.74, 6) is -0.527. The van der Waals surface area contributed by atoms with Gasteiger partial charge < -0.3 is 0 Å². The number of hydrogen-bond donors (Lipinski definition) is 2. The smallest absolute Gasteiger partial charge is 0.293 e. The molecule has 2 aromatic rings. The lowest BCUT2D eigenvalue weighted by Gasteiger charge is -2.11. The van der Waals surface area contributed by atoms with Crippen molar-refractivity contribution in [3.8, 4) is 5.69 Å². The van der Waals surface area contributed by atoms with Crippen LogP contribution >= 0.6 is 15.9 Å². The van der Waals surface area contributed by atoms with E-state index in [1.165, 1.54) is 13.0 Å². The van der Waals surface area contributed by atoms with Gasteiger partial charge in [-0.2, -0.15) is 9.78 Å². The van der Waals surface area contributed by atoms with E-state index in [0.717, 1.165) is 10.7 Å². The Hall–Kier alpha value is -1.68. The van der Waals surface area contributed by atoms with E-state index in [1.54, 1.807) is 6.92 Å². The van der Waals surface area contributed by atoms with E-state index in [4.69, 9.17) is 0 Å². The van der Waals surface area contributed by atoms with E-state index in [1.807, 2.05) is 0 Å². The van der Waals surface area contributed by atoms with Crippen molar-refractivity contribution in [1.29, 1.82) is 0 Å². The molecular weight excluding hydrogens is 367 g/mol. The van der Waals surface area contributed by atoms with Gasteiger partial charge in [-0.05, 0) is 41.9 Å². The molecule has 0 radical (unpaired) electrons. The lowest BCUT2D eigenvalue weighted by atomic mass is 10.2. The van der Waals surface area contributed by atoms with Gasteiger partial charge in [0.1, 0.15) is 17.3 Å². The molecule has 1 aromatic heterocycles. The van der Waals surface area contributed by atoms with Crippen LogP contribution in [0.2, 0.25) is 0 Å². The van der Waals surface area contributed by atoms with Crippen LogP contribution in [0.25, 0.3) is 5.69 Å². The summed E-state index contributed by atoms with van der Waals surface area (Å²) in [7, 11) is -3.53. The summed E-state index contributed by atoms with van der Waals surface area (Å²) in [5, 5.41) is 3.84. The fourth-order valence-electron chi connectivity index (χ4n) is 1.61. The molecule has 0 fully saturated rings. The maximum atomic E-state index is 14.0. The lowest BCUT2D eigenvalue weighted by molar-refractivity contribution is 0.601. The Balaban J connectivity index is 2.59.